The molecule has 2 atom stereocenters. The molecule has 0 aliphatic carbocycles. The summed E-state index contributed by atoms with van der Waals surface area (Å²) in [7, 11) is -3.03. The molecule has 1 fully saturated rings. The van der Waals surface area contributed by atoms with Gasteiger partial charge < -0.3 is 15.4 Å². The number of para-hydroxylation sites is 1. The fourth-order valence-electron chi connectivity index (χ4n) is 3.09. The monoisotopic (exact) mass is 490 g/mol. The highest BCUT2D eigenvalue weighted by Crippen LogP contribution is 2.31. The highest BCUT2D eigenvalue weighted by Gasteiger charge is 2.30. The Labute approximate surface area is 194 Å². The predicted molar refractivity (Wildman–Crippen MR) is 127 cm³/mol. The van der Waals surface area contributed by atoms with Crippen LogP contribution in [0.4, 0.5) is 10.8 Å². The summed E-state index contributed by atoms with van der Waals surface area (Å²) < 4.78 is 29.5. The Morgan fingerprint density at radius 3 is 2.53 bits per heavy atom. The van der Waals surface area contributed by atoms with Gasteiger partial charge in [-0.3, -0.25) is 4.79 Å². The van der Waals surface area contributed by atoms with Crippen molar-refractivity contribution in [3.63, 3.8) is 0 Å². The number of ether oxygens (including phenoxy) is 1. The number of aromatic nitrogens is 2. The maximum atomic E-state index is 12.4. The first-order valence-electron chi connectivity index (χ1n) is 9.97. The molecule has 4 rings (SSSR count). The van der Waals surface area contributed by atoms with Crippen molar-refractivity contribution in [3.05, 3.63) is 54.6 Å². The zero-order chi connectivity index (χ0) is 22.6. The molecular formula is C21H22N4O4S3. The number of hydrogen-bond donors (Lipinski definition) is 2. The van der Waals surface area contributed by atoms with Crippen LogP contribution in [0.3, 0.4) is 0 Å². The molecule has 1 aliphatic rings. The largest absolute Gasteiger partial charge is 0.457 e. The summed E-state index contributed by atoms with van der Waals surface area (Å²) in [6.45, 7) is 1.77. The second kappa shape index (κ2) is 9.88. The lowest BCUT2D eigenvalue weighted by molar-refractivity contribution is -0.120. The van der Waals surface area contributed by atoms with E-state index in [0.717, 1.165) is 17.2 Å². The second-order valence-electron chi connectivity index (χ2n) is 7.31. The number of benzene rings is 2. The summed E-state index contributed by atoms with van der Waals surface area (Å²) in [5.74, 6) is 1.44. The van der Waals surface area contributed by atoms with E-state index in [4.69, 9.17) is 4.74 Å². The van der Waals surface area contributed by atoms with Gasteiger partial charge in [0.15, 0.2) is 14.2 Å². The third kappa shape index (κ3) is 6.21. The smallest absolute Gasteiger partial charge is 0.233 e. The number of rotatable bonds is 8. The van der Waals surface area contributed by atoms with Gasteiger partial charge in [-0.15, -0.1) is 10.2 Å². The predicted octanol–water partition coefficient (Wildman–Crippen LogP) is 3.86. The van der Waals surface area contributed by atoms with Crippen LogP contribution in [-0.2, 0) is 14.6 Å². The molecule has 0 spiro atoms. The SMILES string of the molecule is CC(Sc1nnc(Nc2ccc(Oc3ccccc3)cc2)s1)C(=O)NC1CCS(=O)(=O)C1. The van der Waals surface area contributed by atoms with E-state index in [-0.39, 0.29) is 23.5 Å². The lowest BCUT2D eigenvalue weighted by atomic mass is 10.2. The van der Waals surface area contributed by atoms with E-state index in [1.807, 2.05) is 54.6 Å². The Morgan fingerprint density at radius 2 is 1.84 bits per heavy atom. The van der Waals surface area contributed by atoms with E-state index >= 15 is 0 Å². The van der Waals surface area contributed by atoms with Crippen LogP contribution in [0.25, 0.3) is 0 Å². The summed E-state index contributed by atoms with van der Waals surface area (Å²) in [4.78, 5) is 12.4. The third-order valence-corrected chi connectivity index (χ3v) is 8.51. The van der Waals surface area contributed by atoms with E-state index in [1.165, 1.54) is 23.1 Å². The zero-order valence-electron chi connectivity index (χ0n) is 17.2. The molecule has 1 aromatic heterocycles. The molecule has 2 heterocycles. The minimum Gasteiger partial charge on any atom is -0.457 e. The lowest BCUT2D eigenvalue weighted by Gasteiger charge is -2.14. The van der Waals surface area contributed by atoms with E-state index in [0.29, 0.717) is 15.9 Å². The van der Waals surface area contributed by atoms with Crippen LogP contribution in [0, 0.1) is 0 Å². The van der Waals surface area contributed by atoms with Gasteiger partial charge in [-0.1, -0.05) is 41.3 Å². The molecule has 3 aromatic rings. The normalized spacial score (nSPS) is 18.1. The fourth-order valence-corrected chi connectivity index (χ4v) is 6.69. The second-order valence-corrected chi connectivity index (χ2v) is 12.1. The zero-order valence-corrected chi connectivity index (χ0v) is 19.7. The number of anilines is 2. The first-order chi connectivity index (χ1) is 15.4. The van der Waals surface area contributed by atoms with Gasteiger partial charge in [-0.2, -0.15) is 0 Å². The number of carbonyl (C=O) groups excluding carboxylic acids is 1. The fraction of sp³-hybridized carbons (Fsp3) is 0.286. The van der Waals surface area contributed by atoms with Crippen LogP contribution in [0.2, 0.25) is 0 Å². The van der Waals surface area contributed by atoms with E-state index in [1.54, 1.807) is 6.92 Å². The number of amides is 1. The van der Waals surface area contributed by atoms with E-state index in [9.17, 15) is 13.2 Å². The molecule has 168 valence electrons. The molecule has 32 heavy (non-hydrogen) atoms. The quantitative estimate of drug-likeness (QED) is 0.458. The van der Waals surface area contributed by atoms with Crippen molar-refractivity contribution in [1.82, 2.24) is 15.5 Å². The van der Waals surface area contributed by atoms with Crippen molar-refractivity contribution in [2.24, 2.45) is 0 Å². The molecule has 1 aliphatic heterocycles. The van der Waals surface area contributed by atoms with Gasteiger partial charge in [0.1, 0.15) is 11.5 Å². The van der Waals surface area contributed by atoms with Crippen LogP contribution in [0.1, 0.15) is 13.3 Å². The van der Waals surface area contributed by atoms with Crippen molar-refractivity contribution < 1.29 is 17.9 Å². The first kappa shape index (κ1) is 22.6. The molecule has 1 amide bonds. The summed E-state index contributed by atoms with van der Waals surface area (Å²) in [6.07, 6.45) is 0.466. The molecule has 0 radical (unpaired) electrons. The highest BCUT2D eigenvalue weighted by atomic mass is 32.2. The Kier molecular flexibility index (Phi) is 6.97. The topological polar surface area (TPSA) is 110 Å². The van der Waals surface area contributed by atoms with Crippen LogP contribution < -0.4 is 15.4 Å². The van der Waals surface area contributed by atoms with Crippen molar-refractivity contribution in [2.75, 3.05) is 16.8 Å². The standard InChI is InChI=1S/C21H22N4O4S3/c1-14(19(26)22-16-11-12-32(27,28)13-16)30-21-25-24-20(31-21)23-15-7-9-18(10-8-15)29-17-5-3-2-4-6-17/h2-10,14,16H,11-13H2,1H3,(H,22,26)(H,23,24). The number of thioether (sulfide) groups is 1. The Balaban J connectivity index is 1.28. The molecule has 1 saturated heterocycles. The third-order valence-electron chi connectivity index (χ3n) is 4.72. The average molecular weight is 491 g/mol. The Hall–Kier alpha value is -2.63. The van der Waals surface area contributed by atoms with Crippen molar-refractivity contribution >= 4 is 49.7 Å². The first-order valence-corrected chi connectivity index (χ1v) is 13.5. The molecule has 11 heteroatoms. The van der Waals surface area contributed by atoms with Crippen molar-refractivity contribution in [1.29, 1.82) is 0 Å². The van der Waals surface area contributed by atoms with Gasteiger partial charge in [-0.05, 0) is 49.7 Å². The summed E-state index contributed by atoms with van der Waals surface area (Å²) in [6, 6.07) is 16.7. The number of sulfone groups is 1. The molecule has 2 unspecified atom stereocenters. The van der Waals surface area contributed by atoms with Crippen LogP contribution in [-0.4, -0.2) is 47.3 Å². The molecule has 0 saturated carbocycles. The van der Waals surface area contributed by atoms with Crippen LogP contribution >= 0.6 is 23.1 Å². The summed E-state index contributed by atoms with van der Waals surface area (Å²) in [5, 5.41) is 14.5. The van der Waals surface area contributed by atoms with Crippen molar-refractivity contribution in [3.8, 4) is 11.5 Å². The van der Waals surface area contributed by atoms with E-state index < -0.39 is 15.1 Å². The van der Waals surface area contributed by atoms with Crippen LogP contribution in [0.15, 0.2) is 58.9 Å². The number of nitrogens with one attached hydrogen (secondary N) is 2. The Bertz CT molecular complexity index is 1170. The van der Waals surface area contributed by atoms with E-state index in [2.05, 4.69) is 20.8 Å². The van der Waals surface area contributed by atoms with Gasteiger partial charge in [-0.25, -0.2) is 8.42 Å². The number of hydrogen-bond acceptors (Lipinski definition) is 9. The van der Waals surface area contributed by atoms with Gasteiger partial charge in [0, 0.05) is 11.7 Å². The number of nitrogens with zero attached hydrogens (tertiary/aromatic N) is 2. The molecule has 2 aromatic carbocycles. The molecule has 0 bridgehead atoms. The minimum atomic E-state index is -3.03. The average Bonchev–Trinajstić information content (AvgIpc) is 3.35. The maximum Gasteiger partial charge on any atom is 0.233 e. The van der Waals surface area contributed by atoms with Gasteiger partial charge in [0.2, 0.25) is 11.0 Å². The highest BCUT2D eigenvalue weighted by molar-refractivity contribution is 8.02. The summed E-state index contributed by atoms with van der Waals surface area (Å²) >= 11 is 2.64. The minimum absolute atomic E-state index is 0.0121. The lowest BCUT2D eigenvalue weighted by Crippen LogP contribution is -2.39. The number of carbonyl (C=O) groups is 1. The van der Waals surface area contributed by atoms with Gasteiger partial charge in [0.25, 0.3) is 0 Å². The van der Waals surface area contributed by atoms with Crippen LogP contribution in [0.5, 0.6) is 11.5 Å². The molecule has 8 nitrogen and oxygen atoms in total. The Morgan fingerprint density at radius 1 is 1.12 bits per heavy atom. The van der Waals surface area contributed by atoms with Crippen molar-refractivity contribution in [2.45, 2.75) is 29.0 Å². The van der Waals surface area contributed by atoms with Gasteiger partial charge in [0.05, 0.1) is 16.8 Å². The van der Waals surface area contributed by atoms with Gasteiger partial charge >= 0.3 is 0 Å². The maximum absolute atomic E-state index is 12.4. The molecule has 2 N–H and O–H groups in total. The summed E-state index contributed by atoms with van der Waals surface area (Å²) in [5.41, 5.74) is 0.839. The molecular weight excluding hydrogens is 468 g/mol.